The van der Waals surface area contributed by atoms with Crippen molar-refractivity contribution in [2.24, 2.45) is 0 Å². The lowest BCUT2D eigenvalue weighted by atomic mass is 10.3. The summed E-state index contributed by atoms with van der Waals surface area (Å²) in [7, 11) is 0. The van der Waals surface area contributed by atoms with Crippen LogP contribution in [0, 0.1) is 0 Å². The van der Waals surface area contributed by atoms with Gasteiger partial charge in [0.1, 0.15) is 10.8 Å². The van der Waals surface area contributed by atoms with E-state index in [0.717, 1.165) is 45.7 Å². The van der Waals surface area contributed by atoms with Crippen molar-refractivity contribution in [2.45, 2.75) is 19.3 Å². The van der Waals surface area contributed by atoms with Crippen molar-refractivity contribution in [2.75, 3.05) is 45.9 Å². The van der Waals surface area contributed by atoms with Gasteiger partial charge in [-0.3, -0.25) is 4.79 Å². The fraction of sp³-hybridized carbons (Fsp3) is 0.588. The van der Waals surface area contributed by atoms with Crippen molar-refractivity contribution in [1.82, 2.24) is 15.5 Å². The number of piperazine rings is 1. The second-order valence-corrected chi connectivity index (χ2v) is 6.58. The van der Waals surface area contributed by atoms with E-state index < -0.39 is 0 Å². The molecule has 142 valence electrons. The van der Waals surface area contributed by atoms with Gasteiger partial charge in [0.05, 0.1) is 11.6 Å². The molecule has 0 unspecified atom stereocenters. The third-order valence-corrected chi connectivity index (χ3v) is 4.71. The van der Waals surface area contributed by atoms with Crippen molar-refractivity contribution in [1.29, 1.82) is 0 Å². The number of hydrogen-bond acceptors (Lipinski definition) is 4. The van der Waals surface area contributed by atoms with Gasteiger partial charge in [-0.05, 0) is 31.5 Å². The molecule has 0 saturated carbocycles. The average molecular weight is 411 g/mol. The molecule has 8 heteroatoms. The van der Waals surface area contributed by atoms with Gasteiger partial charge < -0.3 is 20.3 Å². The van der Waals surface area contributed by atoms with Crippen LogP contribution >= 0.6 is 35.6 Å². The Morgan fingerprint density at radius 3 is 2.76 bits per heavy atom. The highest BCUT2D eigenvalue weighted by Gasteiger charge is 2.09. The Bertz CT molecular complexity index is 526. The number of carbonyl (C=O) groups excluding carboxylic acids is 1. The van der Waals surface area contributed by atoms with Gasteiger partial charge >= 0.3 is 0 Å². The van der Waals surface area contributed by atoms with Gasteiger partial charge in [-0.15, -0.1) is 12.4 Å². The Kier molecular flexibility index (Phi) is 11.3. The van der Waals surface area contributed by atoms with Gasteiger partial charge in [0.2, 0.25) is 5.91 Å². The fourth-order valence-corrected chi connectivity index (χ4v) is 2.91. The molecule has 0 bridgehead atoms. The molecular formula is C17H26Cl3N3O2. The zero-order valence-corrected chi connectivity index (χ0v) is 16.6. The molecule has 1 amide bonds. The minimum atomic E-state index is 0. The lowest BCUT2D eigenvalue weighted by Gasteiger charge is -2.27. The molecule has 1 aromatic carbocycles. The highest BCUT2D eigenvalue weighted by molar-refractivity contribution is 6.42. The van der Waals surface area contributed by atoms with Crippen molar-refractivity contribution < 1.29 is 9.53 Å². The Hall–Kier alpha value is -0.720. The standard InChI is InChI=1S/C17H25Cl2N3O2.ClH/c18-14-4-1-5-15(17(14)19)24-13-2-6-16(23)21-7-3-10-22-11-8-20-9-12-22;/h1,4-5,20H,2-3,6-13H2,(H,21,23);1H. The molecule has 1 fully saturated rings. The summed E-state index contributed by atoms with van der Waals surface area (Å²) in [6, 6.07) is 5.27. The van der Waals surface area contributed by atoms with E-state index >= 15 is 0 Å². The van der Waals surface area contributed by atoms with Crippen molar-refractivity contribution in [3.8, 4) is 5.75 Å². The topological polar surface area (TPSA) is 53.6 Å². The summed E-state index contributed by atoms with van der Waals surface area (Å²) in [4.78, 5) is 14.2. The highest BCUT2D eigenvalue weighted by Crippen LogP contribution is 2.31. The normalized spacial score (nSPS) is 14.6. The second-order valence-electron chi connectivity index (χ2n) is 5.80. The van der Waals surface area contributed by atoms with Crippen LogP contribution in [0.5, 0.6) is 5.75 Å². The SMILES string of the molecule is Cl.O=C(CCCOc1cccc(Cl)c1Cl)NCCCN1CCNCC1. The number of amides is 1. The van der Waals surface area contributed by atoms with Crippen LogP contribution in [0.15, 0.2) is 18.2 Å². The molecule has 1 aliphatic heterocycles. The van der Waals surface area contributed by atoms with Crippen molar-refractivity contribution >= 4 is 41.5 Å². The summed E-state index contributed by atoms with van der Waals surface area (Å²) >= 11 is 12.0. The lowest BCUT2D eigenvalue weighted by molar-refractivity contribution is -0.121. The van der Waals surface area contributed by atoms with Crippen LogP contribution in [0.1, 0.15) is 19.3 Å². The van der Waals surface area contributed by atoms with E-state index in [9.17, 15) is 4.79 Å². The van der Waals surface area contributed by atoms with Crippen LogP contribution in [-0.4, -0.2) is 56.7 Å². The molecule has 1 saturated heterocycles. The van der Waals surface area contributed by atoms with Crippen LogP contribution in [-0.2, 0) is 4.79 Å². The third kappa shape index (κ3) is 8.47. The molecule has 5 nitrogen and oxygen atoms in total. The van der Waals surface area contributed by atoms with Gasteiger partial charge in [-0.25, -0.2) is 0 Å². The molecule has 0 atom stereocenters. The zero-order chi connectivity index (χ0) is 17.2. The number of rotatable bonds is 9. The average Bonchev–Trinajstić information content (AvgIpc) is 2.60. The van der Waals surface area contributed by atoms with Gasteiger partial charge in [0.25, 0.3) is 0 Å². The van der Waals surface area contributed by atoms with E-state index in [1.54, 1.807) is 18.2 Å². The maximum absolute atomic E-state index is 11.8. The summed E-state index contributed by atoms with van der Waals surface area (Å²) in [6.07, 6.45) is 2.08. The monoisotopic (exact) mass is 409 g/mol. The maximum Gasteiger partial charge on any atom is 0.220 e. The van der Waals surface area contributed by atoms with E-state index in [2.05, 4.69) is 15.5 Å². The number of hydrogen-bond donors (Lipinski definition) is 2. The summed E-state index contributed by atoms with van der Waals surface area (Å²) in [5.74, 6) is 0.622. The molecule has 0 spiro atoms. The Morgan fingerprint density at radius 2 is 2.00 bits per heavy atom. The first-order chi connectivity index (χ1) is 11.7. The maximum atomic E-state index is 11.8. The predicted octanol–water partition coefficient (Wildman–Crippen LogP) is 2.99. The fourth-order valence-electron chi connectivity index (χ4n) is 2.56. The molecule has 1 aromatic rings. The van der Waals surface area contributed by atoms with Crippen LogP contribution < -0.4 is 15.4 Å². The Balaban J connectivity index is 0.00000312. The van der Waals surface area contributed by atoms with Crippen LogP contribution in [0.4, 0.5) is 0 Å². The van der Waals surface area contributed by atoms with Gasteiger partial charge in [0, 0.05) is 39.1 Å². The Labute approximate surface area is 165 Å². The highest BCUT2D eigenvalue weighted by atomic mass is 35.5. The number of carbonyl (C=O) groups is 1. The number of benzene rings is 1. The number of halogens is 3. The summed E-state index contributed by atoms with van der Waals surface area (Å²) in [5, 5.41) is 7.17. The quantitative estimate of drug-likeness (QED) is 0.615. The molecule has 2 N–H and O–H groups in total. The van der Waals surface area contributed by atoms with Gasteiger partial charge in [-0.2, -0.15) is 0 Å². The van der Waals surface area contributed by atoms with E-state index in [-0.39, 0.29) is 18.3 Å². The lowest BCUT2D eigenvalue weighted by Crippen LogP contribution is -2.44. The van der Waals surface area contributed by atoms with Crippen molar-refractivity contribution in [3.63, 3.8) is 0 Å². The predicted molar refractivity (Wildman–Crippen MR) is 105 cm³/mol. The molecule has 0 radical (unpaired) electrons. The minimum absolute atomic E-state index is 0. The largest absolute Gasteiger partial charge is 0.492 e. The van der Waals surface area contributed by atoms with Crippen molar-refractivity contribution in [3.05, 3.63) is 28.2 Å². The van der Waals surface area contributed by atoms with Crippen LogP contribution in [0.3, 0.4) is 0 Å². The first kappa shape index (κ1) is 22.3. The zero-order valence-electron chi connectivity index (χ0n) is 14.2. The molecule has 1 heterocycles. The second kappa shape index (κ2) is 12.6. The molecule has 25 heavy (non-hydrogen) atoms. The molecule has 0 aromatic heterocycles. The Morgan fingerprint density at radius 1 is 1.24 bits per heavy atom. The third-order valence-electron chi connectivity index (χ3n) is 3.90. The minimum Gasteiger partial charge on any atom is -0.492 e. The molecular weight excluding hydrogens is 385 g/mol. The number of nitrogens with one attached hydrogen (secondary N) is 2. The van der Waals surface area contributed by atoms with Crippen LogP contribution in [0.25, 0.3) is 0 Å². The molecule has 1 aliphatic rings. The smallest absolute Gasteiger partial charge is 0.220 e. The number of nitrogens with zero attached hydrogens (tertiary/aromatic N) is 1. The van der Waals surface area contributed by atoms with Gasteiger partial charge in [-0.1, -0.05) is 29.3 Å². The van der Waals surface area contributed by atoms with Crippen LogP contribution in [0.2, 0.25) is 10.0 Å². The van der Waals surface area contributed by atoms with E-state index in [1.807, 2.05) is 0 Å². The summed E-state index contributed by atoms with van der Waals surface area (Å²) in [6.45, 7) is 6.51. The van der Waals surface area contributed by atoms with E-state index in [4.69, 9.17) is 27.9 Å². The first-order valence-corrected chi connectivity index (χ1v) is 9.19. The van der Waals surface area contributed by atoms with E-state index in [1.165, 1.54) is 0 Å². The van der Waals surface area contributed by atoms with Gasteiger partial charge in [0.15, 0.2) is 0 Å². The molecule has 2 rings (SSSR count). The summed E-state index contributed by atoms with van der Waals surface area (Å²) in [5.41, 5.74) is 0. The summed E-state index contributed by atoms with van der Waals surface area (Å²) < 4.78 is 5.56. The number of ether oxygens (including phenoxy) is 1. The first-order valence-electron chi connectivity index (χ1n) is 8.43. The molecule has 0 aliphatic carbocycles. The van der Waals surface area contributed by atoms with E-state index in [0.29, 0.717) is 35.2 Å².